The molecule has 1 aliphatic heterocycles. The lowest BCUT2D eigenvalue weighted by Crippen LogP contribution is -2.49. The van der Waals surface area contributed by atoms with Gasteiger partial charge >= 0.3 is 0 Å². The van der Waals surface area contributed by atoms with E-state index >= 15 is 0 Å². The molecule has 1 fully saturated rings. The summed E-state index contributed by atoms with van der Waals surface area (Å²) < 4.78 is 0. The maximum Gasteiger partial charge on any atom is 0.292 e. The average molecular weight is 500 g/mol. The first-order valence-electron chi connectivity index (χ1n) is 11.7. The molecule has 0 atom stereocenters. The number of imidazole rings is 1. The number of hydrogen-bond donors (Lipinski definition) is 1. The van der Waals surface area contributed by atoms with Gasteiger partial charge in [0.25, 0.3) is 5.69 Å². The highest BCUT2D eigenvalue weighted by molar-refractivity contribution is 7.99. The first kappa shape index (κ1) is 23.6. The number of carbonyl (C=O) groups is 1. The van der Waals surface area contributed by atoms with Crippen LogP contribution in [0.25, 0.3) is 22.5 Å². The molecule has 8 nitrogen and oxygen atoms in total. The van der Waals surface area contributed by atoms with Crippen LogP contribution in [0.15, 0.2) is 90.1 Å². The lowest BCUT2D eigenvalue weighted by atomic mass is 10.1. The van der Waals surface area contributed by atoms with E-state index in [1.807, 2.05) is 70.5 Å². The van der Waals surface area contributed by atoms with Crippen LogP contribution in [-0.4, -0.2) is 57.6 Å². The Balaban J connectivity index is 1.25. The zero-order chi connectivity index (χ0) is 24.9. The minimum Gasteiger partial charge on any atom is -0.362 e. The number of para-hydroxylation sites is 2. The highest BCUT2D eigenvalue weighted by Crippen LogP contribution is 2.33. The summed E-state index contributed by atoms with van der Waals surface area (Å²) >= 11 is 1.39. The Morgan fingerprint density at radius 1 is 0.889 bits per heavy atom. The molecular formula is C27H25N5O3S. The van der Waals surface area contributed by atoms with Crippen molar-refractivity contribution in [2.24, 2.45) is 0 Å². The number of nitro groups is 1. The van der Waals surface area contributed by atoms with Crippen molar-refractivity contribution in [3.8, 4) is 22.5 Å². The van der Waals surface area contributed by atoms with Gasteiger partial charge in [-0.1, -0.05) is 84.6 Å². The Kier molecular flexibility index (Phi) is 6.99. The summed E-state index contributed by atoms with van der Waals surface area (Å²) in [6.07, 6.45) is 0. The number of thioether (sulfide) groups is 1. The second-order valence-electron chi connectivity index (χ2n) is 8.40. The van der Waals surface area contributed by atoms with Gasteiger partial charge in [0.05, 0.1) is 22.1 Å². The normalized spacial score (nSPS) is 13.6. The van der Waals surface area contributed by atoms with Crippen LogP contribution in [0.5, 0.6) is 0 Å². The summed E-state index contributed by atoms with van der Waals surface area (Å²) in [4.78, 5) is 36.0. The minimum atomic E-state index is -0.361. The van der Waals surface area contributed by atoms with Gasteiger partial charge in [0.15, 0.2) is 5.16 Å². The van der Waals surface area contributed by atoms with Gasteiger partial charge in [-0.05, 0) is 6.07 Å². The zero-order valence-corrected chi connectivity index (χ0v) is 20.4. The molecular weight excluding hydrogens is 474 g/mol. The van der Waals surface area contributed by atoms with E-state index in [0.717, 1.165) is 22.5 Å². The molecule has 1 amide bonds. The SMILES string of the molecule is O=C(CSc1nc(-c2ccccc2)c(-c2ccccc2)[nH]1)N1CCN(c2ccccc2[N+](=O)[O-])CC1. The molecule has 0 aliphatic carbocycles. The molecule has 0 spiro atoms. The van der Waals surface area contributed by atoms with Crippen molar-refractivity contribution in [1.29, 1.82) is 0 Å². The van der Waals surface area contributed by atoms with Crippen LogP contribution in [0.3, 0.4) is 0 Å². The van der Waals surface area contributed by atoms with Crippen molar-refractivity contribution in [2.75, 3.05) is 36.8 Å². The van der Waals surface area contributed by atoms with E-state index in [4.69, 9.17) is 4.98 Å². The van der Waals surface area contributed by atoms with Crippen molar-refractivity contribution < 1.29 is 9.72 Å². The number of rotatable bonds is 7. The largest absolute Gasteiger partial charge is 0.362 e. The Hall–Kier alpha value is -4.11. The first-order valence-corrected chi connectivity index (χ1v) is 12.7. The number of amides is 1. The number of H-pyrrole nitrogens is 1. The fourth-order valence-corrected chi connectivity index (χ4v) is 5.12. The molecule has 0 radical (unpaired) electrons. The van der Waals surface area contributed by atoms with Crippen LogP contribution in [0.2, 0.25) is 0 Å². The van der Waals surface area contributed by atoms with Crippen molar-refractivity contribution in [3.63, 3.8) is 0 Å². The van der Waals surface area contributed by atoms with Crippen LogP contribution >= 0.6 is 11.8 Å². The fourth-order valence-electron chi connectivity index (χ4n) is 4.34. The number of aromatic amines is 1. The molecule has 0 unspecified atom stereocenters. The standard InChI is InChI=1S/C27H25N5O3S/c33-24(31-17-15-30(16-18-31)22-13-7-8-14-23(22)32(34)35)19-36-27-28-25(20-9-3-1-4-10-20)26(29-27)21-11-5-2-6-12-21/h1-14H,15-19H2,(H,28,29). The highest BCUT2D eigenvalue weighted by atomic mass is 32.2. The summed E-state index contributed by atoms with van der Waals surface area (Å²) in [7, 11) is 0. The number of nitrogens with one attached hydrogen (secondary N) is 1. The van der Waals surface area contributed by atoms with E-state index in [9.17, 15) is 14.9 Å². The second-order valence-corrected chi connectivity index (χ2v) is 9.36. The molecule has 1 aliphatic rings. The number of hydrogen-bond acceptors (Lipinski definition) is 6. The van der Waals surface area contributed by atoms with Crippen molar-refractivity contribution >= 4 is 29.0 Å². The van der Waals surface area contributed by atoms with E-state index in [1.165, 1.54) is 17.8 Å². The van der Waals surface area contributed by atoms with Crippen LogP contribution < -0.4 is 4.90 Å². The van der Waals surface area contributed by atoms with Gasteiger partial charge in [0.2, 0.25) is 5.91 Å². The molecule has 4 aromatic rings. The van der Waals surface area contributed by atoms with Crippen molar-refractivity contribution in [3.05, 3.63) is 95.0 Å². The van der Waals surface area contributed by atoms with Crippen molar-refractivity contribution in [1.82, 2.24) is 14.9 Å². The third-order valence-electron chi connectivity index (χ3n) is 6.18. The first-order chi connectivity index (χ1) is 17.6. The van der Waals surface area contributed by atoms with Gasteiger partial charge < -0.3 is 14.8 Å². The number of nitrogens with zero attached hydrogens (tertiary/aromatic N) is 4. The molecule has 5 rings (SSSR count). The summed E-state index contributed by atoms with van der Waals surface area (Å²) in [6.45, 7) is 2.15. The number of nitro benzene ring substituents is 1. The van der Waals surface area contributed by atoms with Crippen molar-refractivity contribution in [2.45, 2.75) is 5.16 Å². The van der Waals surface area contributed by atoms with E-state index in [2.05, 4.69) is 4.98 Å². The third-order valence-corrected chi connectivity index (χ3v) is 7.03. The van der Waals surface area contributed by atoms with Crippen LogP contribution in [0.1, 0.15) is 0 Å². The fraction of sp³-hybridized carbons (Fsp3) is 0.185. The summed E-state index contributed by atoms with van der Waals surface area (Å²) in [5.41, 5.74) is 4.52. The second kappa shape index (κ2) is 10.7. The Morgan fingerprint density at radius 3 is 2.17 bits per heavy atom. The molecule has 2 heterocycles. The van der Waals surface area contributed by atoms with Crippen LogP contribution in [0.4, 0.5) is 11.4 Å². The molecule has 3 aromatic carbocycles. The van der Waals surface area contributed by atoms with Gasteiger partial charge in [-0.2, -0.15) is 0 Å². The topological polar surface area (TPSA) is 95.4 Å². The zero-order valence-electron chi connectivity index (χ0n) is 19.5. The monoisotopic (exact) mass is 499 g/mol. The highest BCUT2D eigenvalue weighted by Gasteiger charge is 2.26. The summed E-state index contributed by atoms with van der Waals surface area (Å²) in [5, 5.41) is 12.1. The number of anilines is 1. The Bertz CT molecular complexity index is 1300. The lowest BCUT2D eigenvalue weighted by Gasteiger charge is -2.35. The number of benzene rings is 3. The maximum atomic E-state index is 13.0. The quantitative estimate of drug-likeness (QED) is 0.216. The summed E-state index contributed by atoms with van der Waals surface area (Å²) in [5.74, 6) is 0.294. The Morgan fingerprint density at radius 2 is 1.50 bits per heavy atom. The number of carbonyl (C=O) groups excluding carboxylic acids is 1. The molecule has 0 bridgehead atoms. The predicted molar refractivity (Wildman–Crippen MR) is 142 cm³/mol. The molecule has 1 N–H and O–H groups in total. The lowest BCUT2D eigenvalue weighted by molar-refractivity contribution is -0.384. The minimum absolute atomic E-state index is 0.0288. The van der Waals surface area contributed by atoms with E-state index in [-0.39, 0.29) is 22.3 Å². The van der Waals surface area contributed by atoms with Gasteiger partial charge in [0, 0.05) is 43.4 Å². The van der Waals surface area contributed by atoms with Gasteiger partial charge in [-0.15, -0.1) is 0 Å². The van der Waals surface area contributed by atoms with Gasteiger partial charge in [-0.25, -0.2) is 4.98 Å². The number of aromatic nitrogens is 2. The predicted octanol–water partition coefficient (Wildman–Crippen LogP) is 5.09. The summed E-state index contributed by atoms with van der Waals surface area (Å²) in [6, 6.07) is 26.8. The number of piperazine rings is 1. The Labute approximate surface area is 213 Å². The van der Waals surface area contributed by atoms with Gasteiger partial charge in [0.1, 0.15) is 5.69 Å². The van der Waals surface area contributed by atoms with E-state index < -0.39 is 0 Å². The smallest absolute Gasteiger partial charge is 0.292 e. The third kappa shape index (κ3) is 5.11. The van der Waals surface area contributed by atoms with Gasteiger partial charge in [-0.3, -0.25) is 14.9 Å². The van der Waals surface area contributed by atoms with Crippen LogP contribution in [0, 0.1) is 10.1 Å². The molecule has 0 saturated carbocycles. The maximum absolute atomic E-state index is 13.0. The molecule has 1 saturated heterocycles. The molecule has 1 aromatic heterocycles. The van der Waals surface area contributed by atoms with E-state index in [1.54, 1.807) is 18.2 Å². The molecule has 36 heavy (non-hydrogen) atoms. The molecule has 182 valence electrons. The van der Waals surface area contributed by atoms with Crippen LogP contribution in [-0.2, 0) is 4.79 Å². The molecule has 9 heteroatoms. The van der Waals surface area contributed by atoms with E-state index in [0.29, 0.717) is 37.0 Å². The average Bonchev–Trinajstić information content (AvgIpc) is 3.37.